The summed E-state index contributed by atoms with van der Waals surface area (Å²) in [5.74, 6) is 0.685. The van der Waals surface area contributed by atoms with E-state index in [1.807, 2.05) is 0 Å². The molecular weight excluding hydrogens is 252 g/mol. The van der Waals surface area contributed by atoms with E-state index in [0.29, 0.717) is 5.92 Å². The van der Waals surface area contributed by atoms with E-state index in [9.17, 15) is 0 Å². The fourth-order valence-corrected chi connectivity index (χ4v) is 19.5. The lowest BCUT2D eigenvalue weighted by atomic mass is 10.2. The molecule has 0 N–H and O–H groups in total. The van der Waals surface area contributed by atoms with Gasteiger partial charge in [0.1, 0.15) is 0 Å². The van der Waals surface area contributed by atoms with Gasteiger partial charge in [-0.2, -0.15) is 0 Å². The molecule has 1 atom stereocenters. The molecule has 1 fully saturated rings. The van der Waals surface area contributed by atoms with Crippen LogP contribution in [0.25, 0.3) is 0 Å². The van der Waals surface area contributed by atoms with Gasteiger partial charge < -0.3 is 12.3 Å². The van der Waals surface area contributed by atoms with Crippen LogP contribution >= 0.6 is 0 Å². The highest BCUT2D eigenvalue weighted by Crippen LogP contribution is 2.34. The summed E-state index contributed by atoms with van der Waals surface area (Å²) in [7, 11) is -5.88. The van der Waals surface area contributed by atoms with Crippen LogP contribution in [-0.2, 0) is 12.3 Å². The van der Waals surface area contributed by atoms with Crippen molar-refractivity contribution in [1.29, 1.82) is 0 Å². The third kappa shape index (κ3) is 4.08. The van der Waals surface area contributed by atoms with Gasteiger partial charge in [-0.25, -0.2) is 0 Å². The Labute approximate surface area is 103 Å². The predicted molar refractivity (Wildman–Crippen MR) is 74.1 cm³/mol. The number of hydrogen-bond donors (Lipinski definition) is 0. The van der Waals surface area contributed by atoms with Crippen molar-refractivity contribution in [2.24, 2.45) is 5.92 Å². The van der Waals surface area contributed by atoms with Gasteiger partial charge in [-0.05, 0) is 44.7 Å². The lowest BCUT2D eigenvalue weighted by Crippen LogP contribution is -2.65. The van der Waals surface area contributed by atoms with E-state index in [1.165, 1.54) is 6.42 Å². The van der Waals surface area contributed by atoms with Gasteiger partial charge in [0.15, 0.2) is 0 Å². The van der Waals surface area contributed by atoms with E-state index in [1.54, 1.807) is 0 Å². The first-order valence-electron chi connectivity index (χ1n) is 6.18. The molecule has 1 aliphatic rings. The van der Waals surface area contributed by atoms with Gasteiger partial charge in [-0.15, -0.1) is 0 Å². The second-order valence-corrected chi connectivity index (χ2v) is 16.7. The van der Waals surface area contributed by atoms with E-state index in [2.05, 4.69) is 46.6 Å². The number of rotatable bonds is 3. The highest BCUT2D eigenvalue weighted by atomic mass is 28.5. The summed E-state index contributed by atoms with van der Waals surface area (Å²) in [6.45, 7) is 15.3. The largest absolute Gasteiger partial charge is 0.416 e. The van der Waals surface area contributed by atoms with Crippen molar-refractivity contribution in [3.63, 3.8) is 0 Å². The molecule has 0 radical (unpaired) electrons. The molecule has 1 saturated heterocycles. The van der Waals surface area contributed by atoms with E-state index < -0.39 is 25.7 Å². The molecule has 0 aromatic carbocycles. The van der Waals surface area contributed by atoms with Crippen LogP contribution in [0.5, 0.6) is 0 Å². The fourth-order valence-electron chi connectivity index (χ4n) is 2.55. The maximum Gasteiger partial charge on any atom is 0.317 e. The molecule has 1 heterocycles. The first-order chi connectivity index (χ1) is 7.08. The monoisotopic (exact) mass is 278 g/mol. The highest BCUT2D eigenvalue weighted by molar-refractivity contribution is 6.92. The van der Waals surface area contributed by atoms with Crippen molar-refractivity contribution in [1.82, 2.24) is 0 Å². The lowest BCUT2D eigenvalue weighted by molar-refractivity contribution is 0.227. The topological polar surface area (TPSA) is 27.7 Å². The fraction of sp³-hybridized carbons (Fsp3) is 1.00. The second kappa shape index (κ2) is 4.66. The zero-order chi connectivity index (χ0) is 12.6. The Balaban J connectivity index is 2.79. The van der Waals surface area contributed by atoms with Crippen molar-refractivity contribution < 1.29 is 12.3 Å². The molecule has 0 bridgehead atoms. The summed E-state index contributed by atoms with van der Waals surface area (Å²) in [6, 6.07) is 1.10. The van der Waals surface area contributed by atoms with Crippen LogP contribution in [0, 0.1) is 5.92 Å². The van der Waals surface area contributed by atoms with E-state index in [4.69, 9.17) is 12.3 Å². The first-order valence-corrected chi connectivity index (χ1v) is 14.3. The molecule has 1 unspecified atom stereocenters. The molecule has 1 rings (SSSR count). The Bertz CT molecular complexity index is 240. The lowest BCUT2D eigenvalue weighted by Gasteiger charge is -2.48. The van der Waals surface area contributed by atoms with Crippen LogP contribution in [0.4, 0.5) is 0 Å². The molecule has 16 heavy (non-hydrogen) atoms. The Morgan fingerprint density at radius 3 is 1.69 bits per heavy atom. The van der Waals surface area contributed by atoms with Gasteiger partial charge in [0.2, 0.25) is 0 Å². The predicted octanol–water partition coefficient (Wildman–Crippen LogP) is 3.57. The van der Waals surface area contributed by atoms with Crippen molar-refractivity contribution in [3.8, 4) is 0 Å². The van der Waals surface area contributed by atoms with Crippen LogP contribution in [0.2, 0.25) is 38.8 Å². The molecule has 6 heteroatoms. The first kappa shape index (κ1) is 14.6. The minimum atomic E-state index is -1.99. The third-order valence-corrected chi connectivity index (χ3v) is 15.6. The van der Waals surface area contributed by atoms with Crippen LogP contribution in [0.3, 0.4) is 0 Å². The quantitative estimate of drug-likeness (QED) is 0.739. The van der Waals surface area contributed by atoms with Gasteiger partial charge >= 0.3 is 25.7 Å². The van der Waals surface area contributed by atoms with Crippen LogP contribution in [0.15, 0.2) is 0 Å². The van der Waals surface area contributed by atoms with Gasteiger partial charge in [-0.1, -0.05) is 20.3 Å². The third-order valence-electron chi connectivity index (χ3n) is 2.83. The Morgan fingerprint density at radius 1 is 0.875 bits per heavy atom. The Kier molecular flexibility index (Phi) is 4.25. The molecule has 0 saturated carbocycles. The number of hydrogen-bond acceptors (Lipinski definition) is 3. The minimum Gasteiger partial charge on any atom is -0.416 e. The SMILES string of the molecule is CCC(C)C[Si]1(C)O[Si](C)(C)O[Si](C)(C)O1. The van der Waals surface area contributed by atoms with E-state index in [0.717, 1.165) is 6.04 Å². The Hall–Kier alpha value is 0.531. The molecule has 0 aliphatic carbocycles. The maximum absolute atomic E-state index is 6.24. The zero-order valence-corrected chi connectivity index (χ0v) is 14.7. The van der Waals surface area contributed by atoms with Gasteiger partial charge in [0.25, 0.3) is 0 Å². The highest BCUT2D eigenvalue weighted by Gasteiger charge is 2.52. The molecule has 0 aromatic rings. The average Bonchev–Trinajstić information content (AvgIpc) is 1.95. The summed E-state index contributed by atoms with van der Waals surface area (Å²) in [4.78, 5) is 0. The van der Waals surface area contributed by atoms with Crippen molar-refractivity contribution in [3.05, 3.63) is 0 Å². The van der Waals surface area contributed by atoms with E-state index >= 15 is 0 Å². The average molecular weight is 279 g/mol. The zero-order valence-electron chi connectivity index (χ0n) is 11.7. The molecule has 1 aliphatic heterocycles. The van der Waals surface area contributed by atoms with Crippen LogP contribution in [0.1, 0.15) is 20.3 Å². The molecule has 96 valence electrons. The normalized spacial score (nSPS) is 28.7. The summed E-state index contributed by atoms with van der Waals surface area (Å²) < 4.78 is 18.5. The molecule has 0 aromatic heterocycles. The molecular formula is C10H26O3Si3. The molecule has 3 nitrogen and oxygen atoms in total. The Morgan fingerprint density at radius 2 is 1.31 bits per heavy atom. The summed E-state index contributed by atoms with van der Waals surface area (Å²) in [5.41, 5.74) is 0. The minimum absolute atomic E-state index is 0.685. The van der Waals surface area contributed by atoms with Crippen molar-refractivity contribution in [2.45, 2.75) is 59.0 Å². The van der Waals surface area contributed by atoms with E-state index in [-0.39, 0.29) is 0 Å². The smallest absolute Gasteiger partial charge is 0.317 e. The van der Waals surface area contributed by atoms with Crippen LogP contribution in [-0.4, -0.2) is 25.7 Å². The summed E-state index contributed by atoms with van der Waals surface area (Å²) >= 11 is 0. The standard InChI is InChI=1S/C10H26O3Si3/c1-8-10(2)9-16(7)12-14(3,4)11-15(5,6)13-16/h10H,8-9H2,1-7H3. The molecule has 0 amide bonds. The van der Waals surface area contributed by atoms with Crippen molar-refractivity contribution in [2.75, 3.05) is 0 Å². The van der Waals surface area contributed by atoms with Crippen LogP contribution < -0.4 is 0 Å². The van der Waals surface area contributed by atoms with Crippen molar-refractivity contribution >= 4 is 25.7 Å². The van der Waals surface area contributed by atoms with Gasteiger partial charge in [0, 0.05) is 0 Å². The maximum atomic E-state index is 6.24. The second-order valence-electron chi connectivity index (χ2n) is 5.96. The summed E-state index contributed by atoms with van der Waals surface area (Å²) in [5, 5.41) is 0. The van der Waals surface area contributed by atoms with Gasteiger partial charge in [-0.3, -0.25) is 0 Å². The van der Waals surface area contributed by atoms with Gasteiger partial charge in [0.05, 0.1) is 0 Å². The summed E-state index contributed by atoms with van der Waals surface area (Å²) in [6.07, 6.45) is 1.19. The molecule has 0 spiro atoms.